The van der Waals surface area contributed by atoms with Gasteiger partial charge in [-0.05, 0) is 31.2 Å². The van der Waals surface area contributed by atoms with E-state index in [1.54, 1.807) is 17.9 Å². The first-order valence-electron chi connectivity index (χ1n) is 6.82. The van der Waals surface area contributed by atoms with Crippen molar-refractivity contribution in [1.29, 1.82) is 0 Å². The highest BCUT2D eigenvalue weighted by Gasteiger charge is 2.37. The van der Waals surface area contributed by atoms with Gasteiger partial charge in [0.2, 0.25) is 5.91 Å². The molecule has 1 aliphatic heterocycles. The third-order valence-electron chi connectivity index (χ3n) is 3.50. The van der Waals surface area contributed by atoms with Crippen LogP contribution in [0.3, 0.4) is 0 Å². The van der Waals surface area contributed by atoms with E-state index in [0.717, 1.165) is 10.2 Å². The number of aromatic nitrogens is 1. The maximum absolute atomic E-state index is 12.1. The number of nitrogens with zero attached hydrogens (tertiary/aromatic N) is 2. The number of rotatable bonds is 3. The Hall–Kier alpha value is -2.15. The third kappa shape index (κ3) is 3.04. The molecule has 1 aliphatic rings. The minimum absolute atomic E-state index is 0.0808. The molecule has 0 unspecified atom stereocenters. The first-order chi connectivity index (χ1) is 10.5. The fourth-order valence-electron chi connectivity index (χ4n) is 2.22. The van der Waals surface area contributed by atoms with Gasteiger partial charge in [0.15, 0.2) is 5.69 Å². The van der Waals surface area contributed by atoms with E-state index in [1.165, 1.54) is 0 Å². The summed E-state index contributed by atoms with van der Waals surface area (Å²) in [6.07, 6.45) is 0. The average molecular weight is 364 g/mol. The fourth-order valence-corrected chi connectivity index (χ4v) is 2.48. The molecule has 2 amide bonds. The third-order valence-corrected chi connectivity index (χ3v) is 4.03. The lowest BCUT2D eigenvalue weighted by molar-refractivity contribution is -0.123. The summed E-state index contributed by atoms with van der Waals surface area (Å²) in [4.78, 5) is 25.8. The molecule has 2 heterocycles. The molecule has 1 saturated heterocycles. The molecule has 0 atom stereocenters. The van der Waals surface area contributed by atoms with E-state index in [0.29, 0.717) is 18.8 Å². The zero-order valence-electron chi connectivity index (χ0n) is 11.9. The molecule has 2 aromatic rings. The van der Waals surface area contributed by atoms with Crippen LogP contribution in [0, 0.1) is 12.8 Å². The van der Waals surface area contributed by atoms with Crippen molar-refractivity contribution in [2.75, 3.05) is 18.4 Å². The minimum atomic E-state index is -0.204. The molecule has 3 rings (SSSR count). The van der Waals surface area contributed by atoms with Crippen LogP contribution in [0.25, 0.3) is 0 Å². The van der Waals surface area contributed by atoms with E-state index in [2.05, 4.69) is 26.4 Å². The van der Waals surface area contributed by atoms with Crippen molar-refractivity contribution in [3.63, 3.8) is 0 Å². The number of amides is 2. The van der Waals surface area contributed by atoms with E-state index in [4.69, 9.17) is 4.52 Å². The summed E-state index contributed by atoms with van der Waals surface area (Å²) in [6, 6.07) is 8.96. The number of anilines is 1. The number of hydrogen-bond acceptors (Lipinski definition) is 4. The molecular formula is C15H14BrN3O3. The lowest BCUT2D eigenvalue weighted by atomic mass is 9.98. The van der Waals surface area contributed by atoms with Crippen LogP contribution in [-0.2, 0) is 4.79 Å². The lowest BCUT2D eigenvalue weighted by Gasteiger charge is -2.37. The molecule has 1 N–H and O–H groups in total. The molecule has 6 nitrogen and oxygen atoms in total. The summed E-state index contributed by atoms with van der Waals surface area (Å²) in [7, 11) is 0. The zero-order valence-corrected chi connectivity index (χ0v) is 13.5. The molecule has 0 saturated carbocycles. The molecular weight excluding hydrogens is 350 g/mol. The molecule has 1 aromatic carbocycles. The second kappa shape index (κ2) is 5.92. The van der Waals surface area contributed by atoms with Crippen LogP contribution >= 0.6 is 15.9 Å². The highest BCUT2D eigenvalue weighted by molar-refractivity contribution is 9.10. The Labute approximate surface area is 135 Å². The zero-order chi connectivity index (χ0) is 15.7. The average Bonchev–Trinajstić information content (AvgIpc) is 2.86. The number of likely N-dealkylation sites (tertiary alicyclic amines) is 1. The van der Waals surface area contributed by atoms with Gasteiger partial charge >= 0.3 is 0 Å². The van der Waals surface area contributed by atoms with Gasteiger partial charge in [-0.25, -0.2) is 0 Å². The summed E-state index contributed by atoms with van der Waals surface area (Å²) >= 11 is 3.34. The van der Waals surface area contributed by atoms with Crippen LogP contribution in [-0.4, -0.2) is 35.0 Å². The Balaban J connectivity index is 1.53. The highest BCUT2D eigenvalue weighted by Crippen LogP contribution is 2.21. The molecule has 0 radical (unpaired) electrons. The van der Waals surface area contributed by atoms with Gasteiger partial charge < -0.3 is 14.7 Å². The molecule has 114 valence electrons. The van der Waals surface area contributed by atoms with Gasteiger partial charge in [-0.1, -0.05) is 21.1 Å². The van der Waals surface area contributed by atoms with Crippen molar-refractivity contribution in [2.24, 2.45) is 5.92 Å². The molecule has 22 heavy (non-hydrogen) atoms. The summed E-state index contributed by atoms with van der Waals surface area (Å²) < 4.78 is 5.84. The van der Waals surface area contributed by atoms with E-state index >= 15 is 0 Å². The number of halogens is 1. The summed E-state index contributed by atoms with van der Waals surface area (Å²) in [5.74, 6) is 0.112. The van der Waals surface area contributed by atoms with E-state index < -0.39 is 0 Å². The van der Waals surface area contributed by atoms with Gasteiger partial charge in [-0.3, -0.25) is 9.59 Å². The molecule has 0 bridgehead atoms. The lowest BCUT2D eigenvalue weighted by Crippen LogP contribution is -2.54. The van der Waals surface area contributed by atoms with Gasteiger partial charge in [0.25, 0.3) is 5.91 Å². The fraction of sp³-hybridized carbons (Fsp3) is 0.267. The van der Waals surface area contributed by atoms with Crippen molar-refractivity contribution >= 4 is 33.4 Å². The topological polar surface area (TPSA) is 75.4 Å². The predicted molar refractivity (Wildman–Crippen MR) is 83.4 cm³/mol. The first-order valence-corrected chi connectivity index (χ1v) is 7.61. The summed E-state index contributed by atoms with van der Waals surface area (Å²) in [5, 5.41) is 6.54. The molecule has 1 fully saturated rings. The maximum atomic E-state index is 12.1. The largest absolute Gasteiger partial charge is 0.361 e. The highest BCUT2D eigenvalue weighted by atomic mass is 79.9. The van der Waals surface area contributed by atoms with Crippen molar-refractivity contribution in [1.82, 2.24) is 10.1 Å². The second-order valence-electron chi connectivity index (χ2n) is 5.23. The van der Waals surface area contributed by atoms with Crippen LogP contribution in [0.2, 0.25) is 0 Å². The van der Waals surface area contributed by atoms with Crippen molar-refractivity contribution in [2.45, 2.75) is 6.92 Å². The number of benzene rings is 1. The second-order valence-corrected chi connectivity index (χ2v) is 6.14. The van der Waals surface area contributed by atoms with Crippen molar-refractivity contribution in [3.05, 3.63) is 46.3 Å². The quantitative estimate of drug-likeness (QED) is 0.908. The monoisotopic (exact) mass is 363 g/mol. The summed E-state index contributed by atoms with van der Waals surface area (Å²) in [5.41, 5.74) is 1.02. The normalized spacial score (nSPS) is 14.5. The Morgan fingerprint density at radius 2 is 2.00 bits per heavy atom. The Kier molecular flexibility index (Phi) is 3.98. The van der Waals surface area contributed by atoms with Gasteiger partial charge in [0.05, 0.1) is 5.92 Å². The first kappa shape index (κ1) is 14.8. The minimum Gasteiger partial charge on any atom is -0.361 e. The van der Waals surface area contributed by atoms with Crippen LogP contribution in [0.1, 0.15) is 16.2 Å². The van der Waals surface area contributed by atoms with Crippen LogP contribution in [0.5, 0.6) is 0 Å². The summed E-state index contributed by atoms with van der Waals surface area (Å²) in [6.45, 7) is 2.52. The van der Waals surface area contributed by atoms with Crippen molar-refractivity contribution in [3.8, 4) is 0 Å². The van der Waals surface area contributed by atoms with Gasteiger partial charge in [-0.15, -0.1) is 0 Å². The molecule has 7 heteroatoms. The van der Waals surface area contributed by atoms with Gasteiger partial charge in [-0.2, -0.15) is 0 Å². The standard InChI is InChI=1S/C15H14BrN3O3/c1-9-6-13(18-22-9)15(21)19-7-10(8-19)14(20)17-12-4-2-11(16)3-5-12/h2-6,10H,7-8H2,1H3,(H,17,20). The smallest absolute Gasteiger partial charge is 0.276 e. The number of carbonyl (C=O) groups is 2. The van der Waals surface area contributed by atoms with Crippen LogP contribution in [0.4, 0.5) is 5.69 Å². The predicted octanol–water partition coefficient (Wildman–Crippen LogP) is 2.46. The Morgan fingerprint density at radius 1 is 1.32 bits per heavy atom. The number of nitrogens with one attached hydrogen (secondary N) is 1. The van der Waals surface area contributed by atoms with E-state index in [1.807, 2.05) is 24.3 Å². The van der Waals surface area contributed by atoms with Crippen LogP contribution < -0.4 is 5.32 Å². The van der Waals surface area contributed by atoms with Gasteiger partial charge in [0.1, 0.15) is 5.76 Å². The molecule has 0 spiro atoms. The van der Waals surface area contributed by atoms with Crippen LogP contribution in [0.15, 0.2) is 39.3 Å². The Bertz CT molecular complexity index is 705. The molecule has 1 aromatic heterocycles. The van der Waals surface area contributed by atoms with E-state index in [9.17, 15) is 9.59 Å². The molecule has 0 aliphatic carbocycles. The van der Waals surface area contributed by atoms with Gasteiger partial charge in [0, 0.05) is 29.3 Å². The number of carbonyl (C=O) groups excluding carboxylic acids is 2. The number of hydrogen-bond donors (Lipinski definition) is 1. The van der Waals surface area contributed by atoms with E-state index in [-0.39, 0.29) is 23.4 Å². The number of aryl methyl sites for hydroxylation is 1. The maximum Gasteiger partial charge on any atom is 0.276 e. The van der Waals surface area contributed by atoms with Crippen molar-refractivity contribution < 1.29 is 14.1 Å². The Morgan fingerprint density at radius 3 is 2.59 bits per heavy atom. The SMILES string of the molecule is Cc1cc(C(=O)N2CC(C(=O)Nc3ccc(Br)cc3)C2)no1.